The van der Waals surface area contributed by atoms with Crippen LogP contribution in [0.15, 0.2) is 28.9 Å². The van der Waals surface area contributed by atoms with Gasteiger partial charge in [-0.3, -0.25) is 4.99 Å². The summed E-state index contributed by atoms with van der Waals surface area (Å²) in [6.07, 6.45) is 5.65. The Kier molecular flexibility index (Phi) is 3.12. The molecule has 2 aliphatic heterocycles. The molecule has 0 spiro atoms. The fourth-order valence-electron chi connectivity index (χ4n) is 1.50. The van der Waals surface area contributed by atoms with Crippen LogP contribution in [0.5, 0.6) is 0 Å². The molecule has 3 nitrogen and oxygen atoms in total. The van der Waals surface area contributed by atoms with Gasteiger partial charge in [-0.1, -0.05) is 6.08 Å². The van der Waals surface area contributed by atoms with E-state index >= 15 is 0 Å². The molecule has 0 aliphatic carbocycles. The minimum atomic E-state index is -0.315. The van der Waals surface area contributed by atoms with Crippen molar-refractivity contribution in [1.82, 2.24) is 4.90 Å². The number of halogens is 1. The first-order valence-electron chi connectivity index (χ1n) is 4.12. The van der Waals surface area contributed by atoms with E-state index in [9.17, 15) is 5.11 Å². The van der Waals surface area contributed by atoms with Gasteiger partial charge in [-0.2, -0.15) is 0 Å². The van der Waals surface area contributed by atoms with Gasteiger partial charge in [0.2, 0.25) is 0 Å². The Balaban J connectivity index is 0.000000845. The van der Waals surface area contributed by atoms with E-state index in [1.54, 1.807) is 0 Å². The molecule has 2 aliphatic rings. The van der Waals surface area contributed by atoms with E-state index in [-0.39, 0.29) is 18.5 Å². The second-order valence-corrected chi connectivity index (χ2v) is 3.16. The number of aliphatic imine (C=N–C) groups is 1. The third kappa shape index (κ3) is 1.92. The largest absolute Gasteiger partial charge is 1.00 e. The van der Waals surface area contributed by atoms with Crippen LogP contribution >= 0.6 is 0 Å². The van der Waals surface area contributed by atoms with Crippen molar-refractivity contribution >= 4 is 5.84 Å². The van der Waals surface area contributed by atoms with Crippen LogP contribution in [0.3, 0.4) is 0 Å². The van der Waals surface area contributed by atoms with E-state index in [4.69, 9.17) is 0 Å². The van der Waals surface area contributed by atoms with E-state index in [0.29, 0.717) is 13.1 Å². The van der Waals surface area contributed by atoms with E-state index in [0.717, 1.165) is 5.84 Å². The smallest absolute Gasteiger partial charge is 0.130 e. The van der Waals surface area contributed by atoms with E-state index in [1.165, 1.54) is 5.57 Å². The summed E-state index contributed by atoms with van der Waals surface area (Å²) in [6.45, 7) is 3.23. The zero-order valence-electron chi connectivity index (χ0n) is 7.44. The number of rotatable bonds is 0. The zero-order valence-corrected chi connectivity index (χ0v) is 8.20. The Morgan fingerprint density at radius 3 is 3.15 bits per heavy atom. The molecule has 1 N–H and O–H groups in total. The zero-order chi connectivity index (χ0) is 8.55. The fraction of sp³-hybridized carbons (Fsp3) is 0.444. The van der Waals surface area contributed by atoms with Crippen LogP contribution < -0.4 is 12.4 Å². The third-order valence-corrected chi connectivity index (χ3v) is 2.10. The van der Waals surface area contributed by atoms with Crippen LogP contribution in [0.2, 0.25) is 0 Å². The quantitative estimate of drug-likeness (QED) is 0.470. The highest BCUT2D eigenvalue weighted by Gasteiger charge is 2.21. The van der Waals surface area contributed by atoms with Crippen molar-refractivity contribution in [3.8, 4) is 0 Å². The molecule has 0 aromatic heterocycles. The lowest BCUT2D eigenvalue weighted by Gasteiger charge is -2.31. The third-order valence-electron chi connectivity index (χ3n) is 2.10. The maximum absolute atomic E-state index is 9.33. The molecular weight excluding hydrogens is 188 g/mol. The molecule has 0 fully saturated rings. The molecule has 4 heteroatoms. The Hall–Kier alpha value is -0.800. The summed E-state index contributed by atoms with van der Waals surface area (Å²) in [6, 6.07) is 0. The van der Waals surface area contributed by atoms with Crippen molar-refractivity contribution < 1.29 is 17.5 Å². The molecule has 0 bridgehead atoms. The lowest BCUT2D eigenvalue weighted by atomic mass is 10.1. The standard InChI is InChI=1S/C9H12N2O.ClH/c1-7-3-2-4-11-6-8(12)5-10-9(7)11;/h2-4,8,12H,5-6H2,1H3;1H/p-1. The number of aliphatic hydroxyl groups excluding tert-OH is 1. The monoisotopic (exact) mass is 199 g/mol. The highest BCUT2D eigenvalue weighted by Crippen LogP contribution is 2.14. The molecule has 13 heavy (non-hydrogen) atoms. The molecule has 2 rings (SSSR count). The first-order valence-corrected chi connectivity index (χ1v) is 4.12. The van der Waals surface area contributed by atoms with Crippen LogP contribution in [-0.2, 0) is 0 Å². The number of amidine groups is 1. The van der Waals surface area contributed by atoms with Gasteiger partial charge in [0.15, 0.2) is 0 Å². The van der Waals surface area contributed by atoms with Gasteiger partial charge >= 0.3 is 0 Å². The predicted octanol–water partition coefficient (Wildman–Crippen LogP) is -2.46. The molecule has 0 saturated carbocycles. The first-order chi connectivity index (χ1) is 5.77. The minimum absolute atomic E-state index is 0. The maximum atomic E-state index is 9.33. The topological polar surface area (TPSA) is 35.8 Å². The number of fused-ring (bicyclic) bond motifs is 1. The Bertz CT molecular complexity index is 283. The number of hydrogen-bond acceptors (Lipinski definition) is 3. The van der Waals surface area contributed by atoms with E-state index in [1.807, 2.05) is 30.2 Å². The summed E-state index contributed by atoms with van der Waals surface area (Å²) in [5.41, 5.74) is 1.17. The van der Waals surface area contributed by atoms with Gasteiger partial charge in [-0.15, -0.1) is 0 Å². The summed E-state index contributed by atoms with van der Waals surface area (Å²) in [7, 11) is 0. The van der Waals surface area contributed by atoms with E-state index < -0.39 is 0 Å². The minimum Gasteiger partial charge on any atom is -1.00 e. The van der Waals surface area contributed by atoms with Gasteiger partial charge < -0.3 is 22.4 Å². The fourth-order valence-corrected chi connectivity index (χ4v) is 1.50. The molecule has 1 atom stereocenters. The van der Waals surface area contributed by atoms with Crippen molar-refractivity contribution in [2.45, 2.75) is 13.0 Å². The summed E-state index contributed by atoms with van der Waals surface area (Å²) in [5, 5.41) is 9.33. The predicted molar refractivity (Wildman–Crippen MR) is 47.9 cm³/mol. The van der Waals surface area contributed by atoms with Crippen molar-refractivity contribution in [3.63, 3.8) is 0 Å². The van der Waals surface area contributed by atoms with Crippen molar-refractivity contribution in [1.29, 1.82) is 0 Å². The number of nitrogens with zero attached hydrogens (tertiary/aromatic N) is 2. The number of allylic oxidation sites excluding steroid dienone is 2. The molecule has 0 aromatic rings. The second kappa shape index (κ2) is 3.94. The summed E-state index contributed by atoms with van der Waals surface area (Å²) in [4.78, 5) is 6.28. The van der Waals surface area contributed by atoms with Crippen LogP contribution in [0.1, 0.15) is 6.92 Å². The Morgan fingerprint density at radius 1 is 1.62 bits per heavy atom. The Labute approximate surface area is 83.9 Å². The molecule has 72 valence electrons. The average molecular weight is 200 g/mol. The molecule has 0 saturated heterocycles. The SMILES string of the molecule is CC1=CC=CN2CC(O)CN=C12.[Cl-]. The molecule has 0 aromatic carbocycles. The van der Waals surface area contributed by atoms with Gasteiger partial charge in [0.25, 0.3) is 0 Å². The summed E-state index contributed by atoms with van der Waals surface area (Å²) >= 11 is 0. The van der Waals surface area contributed by atoms with Gasteiger partial charge in [0.05, 0.1) is 19.2 Å². The van der Waals surface area contributed by atoms with Crippen LogP contribution in [0, 0.1) is 0 Å². The van der Waals surface area contributed by atoms with Crippen molar-refractivity contribution in [2.24, 2.45) is 4.99 Å². The number of hydrogen-bond donors (Lipinski definition) is 1. The number of aliphatic hydroxyl groups is 1. The molecular formula is C9H12ClN2O-. The van der Waals surface area contributed by atoms with Crippen molar-refractivity contribution in [2.75, 3.05) is 13.1 Å². The molecule has 1 unspecified atom stereocenters. The second-order valence-electron chi connectivity index (χ2n) is 3.16. The normalized spacial score (nSPS) is 25.7. The first kappa shape index (κ1) is 10.3. The van der Waals surface area contributed by atoms with Crippen LogP contribution in [0.4, 0.5) is 0 Å². The van der Waals surface area contributed by atoms with Gasteiger partial charge in [0.1, 0.15) is 5.84 Å². The van der Waals surface area contributed by atoms with Gasteiger partial charge in [0, 0.05) is 6.20 Å². The highest BCUT2D eigenvalue weighted by molar-refractivity contribution is 6.00. The average Bonchev–Trinajstić information content (AvgIpc) is 2.04. The maximum Gasteiger partial charge on any atom is 0.130 e. The lowest BCUT2D eigenvalue weighted by Crippen LogP contribution is -3.00. The van der Waals surface area contributed by atoms with Gasteiger partial charge in [-0.05, 0) is 18.6 Å². The summed E-state index contributed by atoms with van der Waals surface area (Å²) in [5.74, 6) is 1.00. The van der Waals surface area contributed by atoms with E-state index in [2.05, 4.69) is 4.99 Å². The lowest BCUT2D eigenvalue weighted by molar-refractivity contribution is -0.00000438. The molecule has 0 radical (unpaired) electrons. The highest BCUT2D eigenvalue weighted by atomic mass is 35.5. The molecule has 2 heterocycles. The van der Waals surface area contributed by atoms with Crippen LogP contribution in [-0.4, -0.2) is 35.0 Å². The Morgan fingerprint density at radius 2 is 2.38 bits per heavy atom. The molecule has 0 amide bonds. The van der Waals surface area contributed by atoms with Crippen molar-refractivity contribution in [3.05, 3.63) is 23.9 Å². The van der Waals surface area contributed by atoms with Gasteiger partial charge in [-0.25, -0.2) is 0 Å². The van der Waals surface area contributed by atoms with Crippen LogP contribution in [0.25, 0.3) is 0 Å². The summed E-state index contributed by atoms with van der Waals surface area (Å²) < 4.78 is 0.